The van der Waals surface area contributed by atoms with Crippen LogP contribution in [0.3, 0.4) is 0 Å². The zero-order valence-corrected chi connectivity index (χ0v) is 8.13. The fourth-order valence-corrected chi connectivity index (χ4v) is 2.21. The van der Waals surface area contributed by atoms with Crippen LogP contribution in [0.2, 0.25) is 0 Å². The molecular formula is C10H8FNOS. The molecule has 1 aliphatic heterocycles. The zero-order chi connectivity index (χ0) is 9.97. The SMILES string of the molecule is O=Cc1nc(C2C=CSC2)ccc1F. The van der Waals surface area contributed by atoms with Gasteiger partial charge in [-0.3, -0.25) is 4.79 Å². The number of hydrogen-bond acceptors (Lipinski definition) is 3. The summed E-state index contributed by atoms with van der Waals surface area (Å²) in [6.07, 6.45) is 2.46. The normalized spacial score (nSPS) is 19.9. The molecule has 0 spiro atoms. The van der Waals surface area contributed by atoms with Crippen molar-refractivity contribution in [3.8, 4) is 0 Å². The number of allylic oxidation sites excluding steroid dienone is 1. The van der Waals surface area contributed by atoms with Gasteiger partial charge in [0, 0.05) is 17.4 Å². The fourth-order valence-electron chi connectivity index (χ4n) is 1.31. The Morgan fingerprint density at radius 3 is 3.07 bits per heavy atom. The zero-order valence-electron chi connectivity index (χ0n) is 7.31. The van der Waals surface area contributed by atoms with Crippen molar-refractivity contribution in [2.24, 2.45) is 0 Å². The molecule has 0 amide bonds. The van der Waals surface area contributed by atoms with E-state index in [1.165, 1.54) is 6.07 Å². The molecular weight excluding hydrogens is 201 g/mol. The number of carbonyl (C=O) groups is 1. The molecule has 2 nitrogen and oxygen atoms in total. The molecule has 14 heavy (non-hydrogen) atoms. The Labute approximate surface area is 85.2 Å². The van der Waals surface area contributed by atoms with Crippen LogP contribution in [0.25, 0.3) is 0 Å². The minimum Gasteiger partial charge on any atom is -0.296 e. The Balaban J connectivity index is 2.35. The Morgan fingerprint density at radius 1 is 1.57 bits per heavy atom. The summed E-state index contributed by atoms with van der Waals surface area (Å²) in [5.41, 5.74) is 0.655. The second kappa shape index (κ2) is 3.92. The third-order valence-electron chi connectivity index (χ3n) is 2.07. The van der Waals surface area contributed by atoms with Gasteiger partial charge in [0.15, 0.2) is 12.1 Å². The lowest BCUT2D eigenvalue weighted by Crippen LogP contribution is -2.02. The van der Waals surface area contributed by atoms with Gasteiger partial charge >= 0.3 is 0 Å². The molecule has 0 aliphatic carbocycles. The minimum atomic E-state index is -0.557. The van der Waals surface area contributed by atoms with Crippen LogP contribution in [0.15, 0.2) is 23.6 Å². The van der Waals surface area contributed by atoms with Crippen molar-refractivity contribution < 1.29 is 9.18 Å². The molecule has 0 radical (unpaired) electrons. The summed E-state index contributed by atoms with van der Waals surface area (Å²) in [7, 11) is 0. The average molecular weight is 209 g/mol. The average Bonchev–Trinajstić information content (AvgIpc) is 2.71. The number of thioether (sulfide) groups is 1. The molecule has 2 rings (SSSR count). The van der Waals surface area contributed by atoms with E-state index in [0.717, 1.165) is 11.4 Å². The number of aldehydes is 1. The maximum absolute atomic E-state index is 12.9. The standard InChI is InChI=1S/C10H8FNOS/c11-8-1-2-9(12-10(8)5-13)7-3-4-14-6-7/h1-5,7H,6H2. The van der Waals surface area contributed by atoms with Gasteiger partial charge in [0.2, 0.25) is 0 Å². The van der Waals surface area contributed by atoms with Crippen LogP contribution in [0.4, 0.5) is 4.39 Å². The topological polar surface area (TPSA) is 30.0 Å². The van der Waals surface area contributed by atoms with Gasteiger partial charge in [0.1, 0.15) is 5.69 Å². The molecule has 0 saturated heterocycles. The van der Waals surface area contributed by atoms with Crippen molar-refractivity contribution in [1.29, 1.82) is 0 Å². The number of pyridine rings is 1. The first-order chi connectivity index (χ1) is 6.81. The summed E-state index contributed by atoms with van der Waals surface area (Å²) in [6.45, 7) is 0. The molecule has 0 saturated carbocycles. The summed E-state index contributed by atoms with van der Waals surface area (Å²) >= 11 is 1.69. The fraction of sp³-hybridized carbons (Fsp3) is 0.200. The molecule has 0 aromatic carbocycles. The Hall–Kier alpha value is -1.16. The third kappa shape index (κ3) is 1.70. The number of halogens is 1. The van der Waals surface area contributed by atoms with Gasteiger partial charge in [-0.05, 0) is 17.5 Å². The van der Waals surface area contributed by atoms with Crippen LogP contribution in [0.5, 0.6) is 0 Å². The molecule has 4 heteroatoms. The van der Waals surface area contributed by atoms with Crippen molar-refractivity contribution in [1.82, 2.24) is 4.98 Å². The Morgan fingerprint density at radius 2 is 2.43 bits per heavy atom. The van der Waals surface area contributed by atoms with Gasteiger partial charge in [-0.15, -0.1) is 11.8 Å². The molecule has 1 aliphatic rings. The Kier molecular flexibility index (Phi) is 2.63. The van der Waals surface area contributed by atoms with Crippen molar-refractivity contribution in [2.45, 2.75) is 5.92 Å². The van der Waals surface area contributed by atoms with Crippen molar-refractivity contribution in [2.75, 3.05) is 5.75 Å². The third-order valence-corrected chi connectivity index (χ3v) is 2.97. The molecule has 1 atom stereocenters. The summed E-state index contributed by atoms with van der Waals surface area (Å²) in [4.78, 5) is 14.4. The lowest BCUT2D eigenvalue weighted by atomic mass is 10.1. The van der Waals surface area contributed by atoms with Gasteiger partial charge in [0.05, 0.1) is 0 Å². The van der Waals surface area contributed by atoms with Gasteiger partial charge in [-0.1, -0.05) is 6.08 Å². The molecule has 2 heterocycles. The molecule has 0 bridgehead atoms. The molecule has 0 fully saturated rings. The molecule has 1 unspecified atom stereocenters. The first kappa shape index (κ1) is 9.40. The van der Waals surface area contributed by atoms with E-state index in [2.05, 4.69) is 4.98 Å². The predicted octanol–water partition coefficient (Wildman–Crippen LogP) is 2.38. The highest BCUT2D eigenvalue weighted by molar-refractivity contribution is 8.02. The predicted molar refractivity (Wildman–Crippen MR) is 53.9 cm³/mol. The van der Waals surface area contributed by atoms with Gasteiger partial charge in [-0.2, -0.15) is 0 Å². The first-order valence-electron chi connectivity index (χ1n) is 4.21. The maximum atomic E-state index is 12.9. The van der Waals surface area contributed by atoms with Gasteiger partial charge < -0.3 is 0 Å². The number of carbonyl (C=O) groups excluding carboxylic acids is 1. The van der Waals surface area contributed by atoms with E-state index in [4.69, 9.17) is 0 Å². The van der Waals surface area contributed by atoms with Gasteiger partial charge in [-0.25, -0.2) is 9.37 Å². The van der Waals surface area contributed by atoms with E-state index in [9.17, 15) is 9.18 Å². The number of nitrogens with zero attached hydrogens (tertiary/aromatic N) is 1. The number of rotatable bonds is 2. The summed E-state index contributed by atoms with van der Waals surface area (Å²) < 4.78 is 12.9. The highest BCUT2D eigenvalue weighted by atomic mass is 32.2. The quantitative estimate of drug-likeness (QED) is 0.700. The lowest BCUT2D eigenvalue weighted by molar-refractivity contribution is 0.111. The minimum absolute atomic E-state index is 0.104. The summed E-state index contributed by atoms with van der Waals surface area (Å²) in [5.74, 6) is 0.564. The van der Waals surface area contributed by atoms with Crippen LogP contribution in [-0.2, 0) is 0 Å². The van der Waals surface area contributed by atoms with Crippen LogP contribution in [0.1, 0.15) is 22.1 Å². The largest absolute Gasteiger partial charge is 0.296 e. The number of aromatic nitrogens is 1. The maximum Gasteiger partial charge on any atom is 0.171 e. The second-order valence-corrected chi connectivity index (χ2v) is 3.93. The van der Waals surface area contributed by atoms with Crippen LogP contribution in [0, 0.1) is 5.82 Å². The first-order valence-corrected chi connectivity index (χ1v) is 5.26. The van der Waals surface area contributed by atoms with Crippen LogP contribution < -0.4 is 0 Å². The van der Waals surface area contributed by atoms with E-state index < -0.39 is 5.82 Å². The smallest absolute Gasteiger partial charge is 0.171 e. The highest BCUT2D eigenvalue weighted by Gasteiger charge is 2.15. The van der Waals surface area contributed by atoms with Crippen molar-refractivity contribution >= 4 is 18.0 Å². The highest BCUT2D eigenvalue weighted by Crippen LogP contribution is 2.28. The summed E-state index contributed by atoms with van der Waals surface area (Å²) in [5, 5.41) is 2.00. The molecule has 0 N–H and O–H groups in total. The Bertz CT molecular complexity index is 392. The van der Waals surface area contributed by atoms with Crippen molar-refractivity contribution in [3.63, 3.8) is 0 Å². The van der Waals surface area contributed by atoms with Gasteiger partial charge in [0.25, 0.3) is 0 Å². The molecule has 72 valence electrons. The van der Waals surface area contributed by atoms with Crippen LogP contribution in [-0.4, -0.2) is 17.0 Å². The lowest BCUT2D eigenvalue weighted by Gasteiger charge is -2.06. The van der Waals surface area contributed by atoms with E-state index in [1.54, 1.807) is 17.8 Å². The number of hydrogen-bond donors (Lipinski definition) is 0. The van der Waals surface area contributed by atoms with E-state index >= 15 is 0 Å². The van der Waals surface area contributed by atoms with Crippen LogP contribution >= 0.6 is 11.8 Å². The molecule has 1 aromatic rings. The monoisotopic (exact) mass is 209 g/mol. The van der Waals surface area contributed by atoms with E-state index in [-0.39, 0.29) is 11.6 Å². The van der Waals surface area contributed by atoms with Crippen molar-refractivity contribution in [3.05, 3.63) is 40.8 Å². The van der Waals surface area contributed by atoms with E-state index in [0.29, 0.717) is 6.29 Å². The van der Waals surface area contributed by atoms with E-state index in [1.807, 2.05) is 11.5 Å². The second-order valence-electron chi connectivity index (χ2n) is 2.99. The molecule has 1 aromatic heterocycles. The summed E-state index contributed by atoms with van der Waals surface area (Å²) in [6, 6.07) is 2.92.